The highest BCUT2D eigenvalue weighted by molar-refractivity contribution is 6.30. The first-order chi connectivity index (χ1) is 15.4. The molecule has 1 aliphatic heterocycles. The van der Waals surface area contributed by atoms with Crippen LogP contribution in [0.2, 0.25) is 5.15 Å². The fourth-order valence-electron chi connectivity index (χ4n) is 3.93. The average Bonchev–Trinajstić information content (AvgIpc) is 3.22. The van der Waals surface area contributed by atoms with Gasteiger partial charge >= 0.3 is 0 Å². The van der Waals surface area contributed by atoms with Crippen molar-refractivity contribution in [1.82, 2.24) is 20.2 Å². The summed E-state index contributed by atoms with van der Waals surface area (Å²) in [5.74, 6) is -0.898. The Morgan fingerprint density at radius 2 is 1.94 bits per heavy atom. The van der Waals surface area contributed by atoms with Crippen LogP contribution in [0.5, 0.6) is 0 Å². The molecule has 0 unspecified atom stereocenters. The number of hydrogen-bond acceptors (Lipinski definition) is 5. The summed E-state index contributed by atoms with van der Waals surface area (Å²) in [4.78, 5) is 34.5. The molecule has 32 heavy (non-hydrogen) atoms. The van der Waals surface area contributed by atoms with E-state index in [0.717, 1.165) is 10.9 Å². The molecule has 1 aromatic carbocycles. The van der Waals surface area contributed by atoms with Gasteiger partial charge in [0.15, 0.2) is 6.10 Å². The molecule has 2 amide bonds. The van der Waals surface area contributed by atoms with Gasteiger partial charge in [-0.05, 0) is 37.0 Å². The van der Waals surface area contributed by atoms with Crippen LogP contribution in [0.4, 0.5) is 0 Å². The van der Waals surface area contributed by atoms with E-state index in [1.807, 2.05) is 30.3 Å². The summed E-state index contributed by atoms with van der Waals surface area (Å²) in [6.07, 6.45) is 0.915. The molecule has 0 aliphatic carbocycles. The molecule has 168 valence electrons. The minimum atomic E-state index is -1.42. The minimum absolute atomic E-state index is 0.280. The Hall–Kier alpha value is -2.94. The van der Waals surface area contributed by atoms with E-state index in [1.165, 1.54) is 4.90 Å². The number of likely N-dealkylation sites (tertiary alicyclic amines) is 1. The summed E-state index contributed by atoms with van der Waals surface area (Å²) in [5, 5.41) is 24.5. The molecule has 2 aromatic heterocycles. The van der Waals surface area contributed by atoms with E-state index in [1.54, 1.807) is 18.3 Å². The summed E-state index contributed by atoms with van der Waals surface area (Å²) in [6.45, 7) is 0.748. The largest absolute Gasteiger partial charge is 0.393 e. The van der Waals surface area contributed by atoms with Crippen molar-refractivity contribution in [3.8, 4) is 0 Å². The van der Waals surface area contributed by atoms with Crippen molar-refractivity contribution in [3.05, 3.63) is 65.1 Å². The first kappa shape index (κ1) is 22.3. The zero-order chi connectivity index (χ0) is 22.7. The lowest BCUT2D eigenvalue weighted by Gasteiger charge is -2.33. The van der Waals surface area contributed by atoms with E-state index >= 15 is 0 Å². The topological polar surface area (TPSA) is 119 Å². The Bertz CT molecular complexity index is 1100. The van der Waals surface area contributed by atoms with Crippen molar-refractivity contribution in [1.29, 1.82) is 0 Å². The lowest BCUT2D eigenvalue weighted by molar-refractivity contribution is -0.143. The number of carbonyl (C=O) groups is 2. The Labute approximate surface area is 190 Å². The molecule has 1 fully saturated rings. The number of rotatable bonds is 6. The van der Waals surface area contributed by atoms with Crippen LogP contribution in [0.15, 0.2) is 48.7 Å². The highest BCUT2D eigenvalue weighted by Crippen LogP contribution is 2.19. The lowest BCUT2D eigenvalue weighted by Crippen LogP contribution is -2.54. The quantitative estimate of drug-likeness (QED) is 0.422. The normalized spacial score (nSPS) is 16.7. The third-order valence-corrected chi connectivity index (χ3v) is 5.95. The van der Waals surface area contributed by atoms with Crippen molar-refractivity contribution in [2.24, 2.45) is 0 Å². The molecule has 2 atom stereocenters. The van der Waals surface area contributed by atoms with Gasteiger partial charge in [-0.1, -0.05) is 41.9 Å². The van der Waals surface area contributed by atoms with Crippen LogP contribution < -0.4 is 5.32 Å². The van der Waals surface area contributed by atoms with E-state index in [9.17, 15) is 19.8 Å². The first-order valence-electron chi connectivity index (χ1n) is 10.5. The Balaban J connectivity index is 1.53. The molecule has 3 heterocycles. The van der Waals surface area contributed by atoms with Crippen LogP contribution in [0.3, 0.4) is 0 Å². The fourth-order valence-corrected chi connectivity index (χ4v) is 4.09. The highest BCUT2D eigenvalue weighted by Gasteiger charge is 2.33. The molecular weight excluding hydrogens is 432 g/mol. The molecule has 8 nitrogen and oxygen atoms in total. The molecule has 1 saturated heterocycles. The second kappa shape index (κ2) is 9.68. The van der Waals surface area contributed by atoms with Gasteiger partial charge in [-0.25, -0.2) is 4.98 Å². The number of aliphatic hydroxyl groups excluding tert-OH is 2. The van der Waals surface area contributed by atoms with Crippen LogP contribution >= 0.6 is 11.6 Å². The molecule has 0 radical (unpaired) electrons. The van der Waals surface area contributed by atoms with Gasteiger partial charge in [-0.2, -0.15) is 0 Å². The van der Waals surface area contributed by atoms with Crippen LogP contribution in [-0.2, 0) is 11.2 Å². The summed E-state index contributed by atoms with van der Waals surface area (Å²) in [6, 6.07) is 11.8. The van der Waals surface area contributed by atoms with Crippen molar-refractivity contribution in [2.75, 3.05) is 13.1 Å². The third-order valence-electron chi connectivity index (χ3n) is 5.74. The molecule has 0 spiro atoms. The van der Waals surface area contributed by atoms with Crippen molar-refractivity contribution >= 4 is 34.3 Å². The number of aromatic nitrogens is 2. The van der Waals surface area contributed by atoms with Gasteiger partial charge in [0.2, 0.25) is 0 Å². The van der Waals surface area contributed by atoms with E-state index in [4.69, 9.17) is 11.6 Å². The Kier molecular flexibility index (Phi) is 6.74. The molecule has 0 saturated carbocycles. The maximum absolute atomic E-state index is 13.0. The van der Waals surface area contributed by atoms with Crippen molar-refractivity contribution in [2.45, 2.75) is 37.5 Å². The second-order valence-corrected chi connectivity index (χ2v) is 8.44. The zero-order valence-corrected chi connectivity index (χ0v) is 18.1. The number of benzene rings is 1. The average molecular weight is 457 g/mol. The second-order valence-electron chi connectivity index (χ2n) is 8.05. The number of hydrogen-bond donors (Lipinski definition) is 4. The van der Waals surface area contributed by atoms with Gasteiger partial charge in [-0.15, -0.1) is 0 Å². The minimum Gasteiger partial charge on any atom is -0.393 e. The molecule has 4 N–H and O–H groups in total. The Morgan fingerprint density at radius 3 is 2.66 bits per heavy atom. The predicted octanol–water partition coefficient (Wildman–Crippen LogP) is 1.90. The number of fused-ring (bicyclic) bond motifs is 1. The van der Waals surface area contributed by atoms with Crippen molar-refractivity contribution in [3.63, 3.8) is 0 Å². The maximum atomic E-state index is 13.0. The number of aliphatic hydroxyl groups is 2. The third kappa shape index (κ3) is 5.09. The van der Waals surface area contributed by atoms with Gasteiger partial charge in [0, 0.05) is 18.5 Å². The molecule has 4 rings (SSSR count). The number of halogens is 1. The number of carbonyl (C=O) groups excluding carboxylic acids is 2. The fraction of sp³-hybridized carbons (Fsp3) is 0.348. The summed E-state index contributed by atoms with van der Waals surface area (Å²) >= 11 is 5.92. The molecule has 9 heteroatoms. The molecule has 3 aromatic rings. The molecule has 1 aliphatic rings. The zero-order valence-electron chi connectivity index (χ0n) is 17.4. The van der Waals surface area contributed by atoms with E-state index in [0.29, 0.717) is 36.6 Å². The summed E-state index contributed by atoms with van der Waals surface area (Å²) < 4.78 is 0. The van der Waals surface area contributed by atoms with Gasteiger partial charge in [0.25, 0.3) is 11.8 Å². The smallest absolute Gasteiger partial charge is 0.268 e. The van der Waals surface area contributed by atoms with E-state index in [-0.39, 0.29) is 12.1 Å². The van der Waals surface area contributed by atoms with E-state index in [2.05, 4.69) is 15.3 Å². The van der Waals surface area contributed by atoms with Crippen LogP contribution in [0, 0.1) is 0 Å². The number of amides is 2. The number of nitrogens with zero attached hydrogens (tertiary/aromatic N) is 2. The molecule has 0 bridgehead atoms. The van der Waals surface area contributed by atoms with Crippen molar-refractivity contribution < 1.29 is 19.8 Å². The van der Waals surface area contributed by atoms with Crippen LogP contribution in [0.25, 0.3) is 10.9 Å². The maximum Gasteiger partial charge on any atom is 0.268 e. The summed E-state index contributed by atoms with van der Waals surface area (Å²) in [5.41, 5.74) is 1.82. The lowest BCUT2D eigenvalue weighted by atomic mass is 9.99. The number of nitrogens with one attached hydrogen (secondary N) is 2. The highest BCUT2D eigenvalue weighted by atomic mass is 35.5. The first-order valence-corrected chi connectivity index (χ1v) is 10.9. The van der Waals surface area contributed by atoms with Gasteiger partial charge in [-0.3, -0.25) is 9.59 Å². The van der Waals surface area contributed by atoms with Crippen LogP contribution in [0.1, 0.15) is 28.9 Å². The van der Waals surface area contributed by atoms with Gasteiger partial charge < -0.3 is 25.4 Å². The van der Waals surface area contributed by atoms with Crippen LogP contribution in [-0.4, -0.2) is 68.2 Å². The number of pyridine rings is 1. The number of piperidine rings is 1. The SMILES string of the molecule is O=C(N[C@@H](Cc1ccccc1)[C@@H](O)C(=O)N1CCC(O)CC1)c1cc2cc(Cl)ncc2[nH]1. The number of H-pyrrole nitrogens is 1. The molecular formula is C23H25ClN4O4. The summed E-state index contributed by atoms with van der Waals surface area (Å²) in [7, 11) is 0. The van der Waals surface area contributed by atoms with Gasteiger partial charge in [0.1, 0.15) is 10.8 Å². The monoisotopic (exact) mass is 456 g/mol. The van der Waals surface area contributed by atoms with E-state index < -0.39 is 30.1 Å². The number of aromatic amines is 1. The standard InChI is InChI=1S/C23H25ClN4O4/c24-20-12-15-11-18(26-19(15)13-25-20)22(31)27-17(10-14-4-2-1-3-5-14)21(30)23(32)28-8-6-16(29)7-9-28/h1-5,11-13,16-17,21,26,29-30H,6-10H2,(H,27,31)/t17-,21+/m0/s1. The Morgan fingerprint density at radius 1 is 1.22 bits per heavy atom. The predicted molar refractivity (Wildman–Crippen MR) is 120 cm³/mol. The van der Waals surface area contributed by atoms with Gasteiger partial charge in [0.05, 0.1) is 23.9 Å².